The first-order valence-electron chi connectivity index (χ1n) is 11.7. The van der Waals surface area contributed by atoms with E-state index in [0.29, 0.717) is 0 Å². The minimum Gasteiger partial charge on any atom is -0.497 e. The Kier molecular flexibility index (Phi) is 5.89. The van der Waals surface area contributed by atoms with Crippen LogP contribution in [0.5, 0.6) is 5.75 Å². The molecule has 0 spiro atoms. The molecule has 5 nitrogen and oxygen atoms in total. The highest BCUT2D eigenvalue weighted by Gasteiger charge is 2.37. The maximum absolute atomic E-state index is 5.41. The molecule has 1 unspecified atom stereocenters. The Hall–Kier alpha value is -3.03. The summed E-state index contributed by atoms with van der Waals surface area (Å²) < 4.78 is 6.58. The standard InChI is InChI=1S/C27H26N4OS2/c1-32-20-15-13-19(14-16-20)25-31(22-10-4-6-12-24(22)33-25)27(30-17-7-2-8-18-30)29-26-28-21-9-3-5-11-23(21)34-26/h3-6,9-16,25H,2,7-8,17-18H2,1H3. The van der Waals surface area contributed by atoms with E-state index in [1.54, 1.807) is 18.4 Å². The van der Waals surface area contributed by atoms with Crippen molar-refractivity contribution >= 4 is 50.1 Å². The van der Waals surface area contributed by atoms with Gasteiger partial charge in [-0.15, -0.1) is 0 Å². The number of likely N-dealkylation sites (tertiary alicyclic amines) is 1. The summed E-state index contributed by atoms with van der Waals surface area (Å²) in [5, 5.41) is 0.906. The van der Waals surface area contributed by atoms with E-state index in [4.69, 9.17) is 14.7 Å². The average molecular weight is 487 g/mol. The van der Waals surface area contributed by atoms with Crippen LogP contribution in [0.3, 0.4) is 0 Å². The molecule has 0 N–H and O–H groups in total. The van der Waals surface area contributed by atoms with Crippen molar-refractivity contribution in [3.63, 3.8) is 0 Å². The smallest absolute Gasteiger partial charge is 0.213 e. The zero-order valence-electron chi connectivity index (χ0n) is 19.1. The maximum atomic E-state index is 5.41. The van der Waals surface area contributed by atoms with Gasteiger partial charge in [0.1, 0.15) is 11.1 Å². The van der Waals surface area contributed by atoms with Crippen molar-refractivity contribution in [3.8, 4) is 5.75 Å². The predicted molar refractivity (Wildman–Crippen MR) is 143 cm³/mol. The zero-order chi connectivity index (χ0) is 22.9. The van der Waals surface area contributed by atoms with Gasteiger partial charge >= 0.3 is 0 Å². The van der Waals surface area contributed by atoms with Crippen molar-refractivity contribution < 1.29 is 4.74 Å². The van der Waals surface area contributed by atoms with E-state index in [1.807, 2.05) is 30.0 Å². The van der Waals surface area contributed by atoms with Gasteiger partial charge in [0, 0.05) is 18.0 Å². The Morgan fingerprint density at radius 1 is 0.941 bits per heavy atom. The van der Waals surface area contributed by atoms with Crippen LogP contribution in [0.15, 0.2) is 82.7 Å². The van der Waals surface area contributed by atoms with Crippen LogP contribution in [0, 0.1) is 0 Å². The van der Waals surface area contributed by atoms with E-state index < -0.39 is 0 Å². The fraction of sp³-hybridized carbons (Fsp3) is 0.259. The summed E-state index contributed by atoms with van der Waals surface area (Å²) in [4.78, 5) is 16.2. The van der Waals surface area contributed by atoms with Crippen LogP contribution in [-0.2, 0) is 0 Å². The van der Waals surface area contributed by atoms with Gasteiger partial charge in [0.2, 0.25) is 11.1 Å². The molecule has 34 heavy (non-hydrogen) atoms. The van der Waals surface area contributed by atoms with Crippen molar-refractivity contribution in [2.24, 2.45) is 4.99 Å². The molecule has 1 saturated heterocycles. The molecule has 1 atom stereocenters. The topological polar surface area (TPSA) is 41.0 Å². The summed E-state index contributed by atoms with van der Waals surface area (Å²) in [6, 6.07) is 25.4. The highest BCUT2D eigenvalue weighted by Crippen LogP contribution is 2.52. The molecular weight excluding hydrogens is 460 g/mol. The summed E-state index contributed by atoms with van der Waals surface area (Å²) in [6.07, 6.45) is 3.65. The van der Waals surface area contributed by atoms with E-state index in [-0.39, 0.29) is 5.37 Å². The zero-order valence-corrected chi connectivity index (χ0v) is 20.7. The molecule has 2 aliphatic heterocycles. The molecule has 1 aromatic heterocycles. The first-order valence-corrected chi connectivity index (χ1v) is 13.4. The lowest BCUT2D eigenvalue weighted by Gasteiger charge is -2.37. The van der Waals surface area contributed by atoms with Gasteiger partial charge in [0.05, 0.1) is 23.0 Å². The average Bonchev–Trinajstić information content (AvgIpc) is 3.49. The Labute approximate surface area is 208 Å². The number of benzene rings is 3. The van der Waals surface area contributed by atoms with Gasteiger partial charge in [0.25, 0.3) is 0 Å². The summed E-state index contributed by atoms with van der Waals surface area (Å²) in [7, 11) is 1.71. The lowest BCUT2D eigenvalue weighted by Crippen LogP contribution is -2.46. The number of anilines is 1. The molecule has 1 fully saturated rings. The number of para-hydroxylation sites is 2. The molecule has 0 amide bonds. The molecule has 172 valence electrons. The quantitative estimate of drug-likeness (QED) is 0.228. The normalized spacial score (nSPS) is 18.4. The largest absolute Gasteiger partial charge is 0.497 e. The van der Waals surface area contributed by atoms with Gasteiger partial charge < -0.3 is 9.64 Å². The number of aliphatic imine (C=N–C) groups is 1. The molecule has 0 bridgehead atoms. The summed E-state index contributed by atoms with van der Waals surface area (Å²) >= 11 is 3.54. The Balaban J connectivity index is 1.48. The number of rotatable bonds is 3. The minimum absolute atomic E-state index is 0.0957. The molecule has 2 aliphatic rings. The van der Waals surface area contributed by atoms with Crippen molar-refractivity contribution in [2.45, 2.75) is 29.5 Å². The Bertz CT molecular complexity index is 1290. The number of methoxy groups -OCH3 is 1. The second-order valence-corrected chi connectivity index (χ2v) is 10.6. The van der Waals surface area contributed by atoms with Gasteiger partial charge in [-0.1, -0.05) is 59.5 Å². The van der Waals surface area contributed by atoms with Gasteiger partial charge in [0.15, 0.2) is 0 Å². The monoisotopic (exact) mass is 486 g/mol. The van der Waals surface area contributed by atoms with Crippen molar-refractivity contribution in [3.05, 3.63) is 78.4 Å². The molecule has 3 aromatic carbocycles. The van der Waals surface area contributed by atoms with E-state index in [0.717, 1.165) is 35.4 Å². The van der Waals surface area contributed by atoms with E-state index >= 15 is 0 Å². The van der Waals surface area contributed by atoms with Crippen LogP contribution in [0.2, 0.25) is 0 Å². The van der Waals surface area contributed by atoms with Gasteiger partial charge in [-0.25, -0.2) is 4.98 Å². The third-order valence-corrected chi connectivity index (χ3v) is 8.57. The minimum atomic E-state index is 0.0957. The van der Waals surface area contributed by atoms with Crippen LogP contribution < -0.4 is 9.64 Å². The molecule has 3 heterocycles. The van der Waals surface area contributed by atoms with E-state index in [1.165, 1.54) is 40.1 Å². The number of nitrogens with zero attached hydrogens (tertiary/aromatic N) is 4. The van der Waals surface area contributed by atoms with Gasteiger partial charge in [-0.3, -0.25) is 4.90 Å². The molecule has 0 saturated carbocycles. The fourth-order valence-electron chi connectivity index (χ4n) is 4.62. The van der Waals surface area contributed by atoms with E-state index in [2.05, 4.69) is 64.4 Å². The summed E-state index contributed by atoms with van der Waals surface area (Å²) in [5.74, 6) is 1.87. The van der Waals surface area contributed by atoms with Crippen LogP contribution in [0.1, 0.15) is 30.2 Å². The predicted octanol–water partition coefficient (Wildman–Crippen LogP) is 7.09. The maximum Gasteiger partial charge on any atom is 0.213 e. The lowest BCUT2D eigenvalue weighted by molar-refractivity contribution is 0.336. The first kappa shape index (κ1) is 21.5. The molecule has 0 radical (unpaired) electrons. The number of thiazole rings is 1. The molecular formula is C27H26N4OS2. The molecule has 4 aromatic rings. The highest BCUT2D eigenvalue weighted by atomic mass is 32.2. The molecule has 6 rings (SSSR count). The number of piperidine rings is 1. The molecule has 7 heteroatoms. The highest BCUT2D eigenvalue weighted by molar-refractivity contribution is 8.00. The second-order valence-electron chi connectivity index (χ2n) is 8.50. The third-order valence-electron chi connectivity index (χ3n) is 6.33. The fourth-order valence-corrected chi connectivity index (χ4v) is 6.74. The Morgan fingerprint density at radius 2 is 1.71 bits per heavy atom. The van der Waals surface area contributed by atoms with Crippen LogP contribution in [0.25, 0.3) is 10.2 Å². The number of aromatic nitrogens is 1. The number of hydrogen-bond donors (Lipinski definition) is 0. The Morgan fingerprint density at radius 3 is 2.50 bits per heavy atom. The number of hydrogen-bond acceptors (Lipinski definition) is 5. The van der Waals surface area contributed by atoms with Crippen LogP contribution >= 0.6 is 23.1 Å². The SMILES string of the molecule is COc1ccc(C2Sc3ccccc3N2C(=Nc2nc3ccccc3s2)N2CCCCC2)cc1. The molecule has 0 aliphatic carbocycles. The third kappa shape index (κ3) is 4.03. The second kappa shape index (κ2) is 9.31. The number of thioether (sulfide) groups is 1. The first-order chi connectivity index (χ1) is 16.8. The number of fused-ring (bicyclic) bond motifs is 2. The van der Waals surface area contributed by atoms with Crippen molar-refractivity contribution in [2.75, 3.05) is 25.1 Å². The van der Waals surface area contributed by atoms with Crippen LogP contribution in [-0.4, -0.2) is 36.0 Å². The number of ether oxygens (including phenoxy) is 1. The summed E-state index contributed by atoms with van der Waals surface area (Å²) in [5.41, 5.74) is 3.45. The van der Waals surface area contributed by atoms with Crippen molar-refractivity contribution in [1.82, 2.24) is 9.88 Å². The van der Waals surface area contributed by atoms with E-state index in [9.17, 15) is 0 Å². The van der Waals surface area contributed by atoms with Crippen molar-refractivity contribution in [1.29, 1.82) is 0 Å². The lowest BCUT2D eigenvalue weighted by atomic mass is 10.1. The summed E-state index contributed by atoms with van der Waals surface area (Å²) in [6.45, 7) is 2.03. The van der Waals surface area contributed by atoms with Crippen LogP contribution in [0.4, 0.5) is 10.8 Å². The van der Waals surface area contributed by atoms with Gasteiger partial charge in [-0.2, -0.15) is 4.99 Å². The van der Waals surface area contributed by atoms with Gasteiger partial charge in [-0.05, 0) is 61.2 Å². The number of guanidine groups is 1.